The van der Waals surface area contributed by atoms with Crippen molar-refractivity contribution in [2.45, 2.75) is 20.0 Å². The molecule has 0 unspecified atom stereocenters. The second-order valence-electron chi connectivity index (χ2n) is 7.18. The number of hydrogen-bond donors (Lipinski definition) is 0. The molecule has 5 nitrogen and oxygen atoms in total. The lowest BCUT2D eigenvalue weighted by molar-refractivity contribution is 0.0809. The monoisotopic (exact) mass is 407 g/mol. The Labute approximate surface area is 173 Å². The molecule has 0 spiro atoms. The Morgan fingerprint density at radius 1 is 1.21 bits per heavy atom. The zero-order valence-electron chi connectivity index (χ0n) is 15.8. The van der Waals surface area contributed by atoms with E-state index in [0.29, 0.717) is 36.2 Å². The number of benzene rings is 2. The van der Waals surface area contributed by atoms with E-state index in [9.17, 15) is 4.79 Å². The number of aryl methyl sites for hydroxylation is 1. The summed E-state index contributed by atoms with van der Waals surface area (Å²) in [5.41, 5.74) is 3.04. The van der Waals surface area contributed by atoms with Crippen LogP contribution in [0.1, 0.15) is 32.8 Å². The molecule has 0 amide bonds. The standard InChI is InChI=1S/C23H18ClNO4/c1-14-9-19-17(12-25(13-28-19)11-16-6-4-8-27-16)23-21(14)22(26)20(29-23)10-15-5-2-3-7-18(15)24/h2-10H,11-13H2,1H3/b20-10-. The van der Waals surface area contributed by atoms with Gasteiger partial charge in [-0.05, 0) is 48.4 Å². The number of furan rings is 1. The lowest BCUT2D eigenvalue weighted by atomic mass is 9.98. The molecule has 6 heteroatoms. The Morgan fingerprint density at radius 2 is 2.07 bits per heavy atom. The summed E-state index contributed by atoms with van der Waals surface area (Å²) >= 11 is 6.25. The number of nitrogens with zero attached hydrogens (tertiary/aromatic N) is 1. The van der Waals surface area contributed by atoms with Gasteiger partial charge in [-0.3, -0.25) is 9.69 Å². The van der Waals surface area contributed by atoms with Crippen molar-refractivity contribution < 1.29 is 18.7 Å². The van der Waals surface area contributed by atoms with Crippen molar-refractivity contribution in [2.75, 3.05) is 6.73 Å². The zero-order chi connectivity index (χ0) is 20.0. The van der Waals surface area contributed by atoms with Gasteiger partial charge in [-0.25, -0.2) is 0 Å². The second kappa shape index (κ2) is 7.10. The van der Waals surface area contributed by atoms with Gasteiger partial charge in [-0.15, -0.1) is 0 Å². The first-order valence-electron chi connectivity index (χ1n) is 9.33. The van der Waals surface area contributed by atoms with E-state index in [4.69, 9.17) is 25.5 Å². The number of fused-ring (bicyclic) bond motifs is 3. The van der Waals surface area contributed by atoms with E-state index in [-0.39, 0.29) is 11.5 Å². The van der Waals surface area contributed by atoms with E-state index in [2.05, 4.69) is 4.90 Å². The van der Waals surface area contributed by atoms with Gasteiger partial charge >= 0.3 is 0 Å². The number of ketones is 1. The minimum absolute atomic E-state index is 0.136. The van der Waals surface area contributed by atoms with Crippen LogP contribution < -0.4 is 9.47 Å². The molecule has 0 saturated carbocycles. The Morgan fingerprint density at radius 3 is 2.86 bits per heavy atom. The van der Waals surface area contributed by atoms with Crippen LogP contribution in [0.4, 0.5) is 0 Å². The highest BCUT2D eigenvalue weighted by Gasteiger charge is 2.35. The van der Waals surface area contributed by atoms with Gasteiger partial charge in [0.25, 0.3) is 0 Å². The van der Waals surface area contributed by atoms with Crippen LogP contribution in [0.25, 0.3) is 6.08 Å². The minimum Gasteiger partial charge on any atom is -0.478 e. The summed E-state index contributed by atoms with van der Waals surface area (Å²) < 4.78 is 17.5. The minimum atomic E-state index is -0.136. The largest absolute Gasteiger partial charge is 0.478 e. The van der Waals surface area contributed by atoms with Crippen LogP contribution in [0.5, 0.6) is 11.5 Å². The van der Waals surface area contributed by atoms with E-state index in [0.717, 1.165) is 28.2 Å². The van der Waals surface area contributed by atoms with Crippen molar-refractivity contribution >= 4 is 23.5 Å². The molecule has 1 aromatic heterocycles. The van der Waals surface area contributed by atoms with Crippen LogP contribution in [-0.2, 0) is 13.1 Å². The van der Waals surface area contributed by atoms with E-state index in [1.54, 1.807) is 18.4 Å². The Kier molecular flexibility index (Phi) is 4.42. The fourth-order valence-electron chi connectivity index (χ4n) is 3.73. The molecule has 29 heavy (non-hydrogen) atoms. The van der Waals surface area contributed by atoms with Crippen LogP contribution in [0.2, 0.25) is 5.02 Å². The first kappa shape index (κ1) is 18.0. The predicted octanol–water partition coefficient (Wildman–Crippen LogP) is 5.21. The average molecular weight is 408 g/mol. The third-order valence-corrected chi connectivity index (χ3v) is 5.48. The molecular weight excluding hydrogens is 390 g/mol. The van der Waals surface area contributed by atoms with Crippen LogP contribution in [0, 0.1) is 6.92 Å². The molecule has 3 heterocycles. The molecule has 0 bridgehead atoms. The van der Waals surface area contributed by atoms with Gasteiger partial charge in [0.1, 0.15) is 24.0 Å². The Balaban J connectivity index is 1.50. The zero-order valence-corrected chi connectivity index (χ0v) is 16.5. The van der Waals surface area contributed by atoms with Crippen LogP contribution >= 0.6 is 11.6 Å². The Hall–Kier alpha value is -3.02. The number of hydrogen-bond acceptors (Lipinski definition) is 5. The maximum Gasteiger partial charge on any atom is 0.232 e. The lowest BCUT2D eigenvalue weighted by Crippen LogP contribution is -2.31. The first-order valence-corrected chi connectivity index (χ1v) is 9.71. The van der Waals surface area contributed by atoms with Crippen molar-refractivity contribution in [2.24, 2.45) is 0 Å². The van der Waals surface area contributed by atoms with Gasteiger partial charge in [0.15, 0.2) is 5.76 Å². The number of carbonyl (C=O) groups is 1. The number of halogens is 1. The molecule has 2 aromatic carbocycles. The Bertz CT molecular complexity index is 1130. The van der Waals surface area contributed by atoms with Gasteiger partial charge < -0.3 is 13.9 Å². The molecule has 0 N–H and O–H groups in total. The topological polar surface area (TPSA) is 51.9 Å². The number of ether oxygens (including phenoxy) is 2. The third-order valence-electron chi connectivity index (χ3n) is 5.14. The maximum atomic E-state index is 13.1. The van der Waals surface area contributed by atoms with Crippen molar-refractivity contribution in [1.29, 1.82) is 0 Å². The second-order valence-corrected chi connectivity index (χ2v) is 7.58. The smallest absolute Gasteiger partial charge is 0.232 e. The average Bonchev–Trinajstić information content (AvgIpc) is 3.33. The van der Waals surface area contributed by atoms with Gasteiger partial charge in [-0.2, -0.15) is 0 Å². The summed E-state index contributed by atoms with van der Waals surface area (Å²) in [6.45, 7) is 3.57. The summed E-state index contributed by atoms with van der Waals surface area (Å²) in [5.74, 6) is 2.32. The van der Waals surface area contributed by atoms with Crippen molar-refractivity contribution in [3.63, 3.8) is 0 Å². The lowest BCUT2D eigenvalue weighted by Gasteiger charge is -2.29. The van der Waals surface area contributed by atoms with Gasteiger partial charge in [0.05, 0.1) is 23.9 Å². The summed E-state index contributed by atoms with van der Waals surface area (Å²) in [6, 6.07) is 13.1. The van der Waals surface area contributed by atoms with Gasteiger partial charge in [-0.1, -0.05) is 29.8 Å². The van der Waals surface area contributed by atoms with Crippen LogP contribution in [0.3, 0.4) is 0 Å². The molecule has 5 rings (SSSR count). The van der Waals surface area contributed by atoms with E-state index < -0.39 is 0 Å². The molecule has 0 radical (unpaired) electrons. The molecular formula is C23H18ClNO4. The quantitative estimate of drug-likeness (QED) is 0.558. The highest BCUT2D eigenvalue weighted by molar-refractivity contribution is 6.32. The van der Waals surface area contributed by atoms with Crippen LogP contribution in [-0.4, -0.2) is 17.4 Å². The fraction of sp³-hybridized carbons (Fsp3) is 0.174. The van der Waals surface area contributed by atoms with Crippen molar-refractivity contribution in [1.82, 2.24) is 4.90 Å². The van der Waals surface area contributed by atoms with Gasteiger partial charge in [0, 0.05) is 11.6 Å². The third kappa shape index (κ3) is 3.22. The van der Waals surface area contributed by atoms with E-state index in [1.165, 1.54) is 0 Å². The molecule has 0 aliphatic carbocycles. The number of carbonyl (C=O) groups excluding carboxylic acids is 1. The normalized spacial score (nSPS) is 17.0. The van der Waals surface area contributed by atoms with Crippen molar-refractivity contribution in [3.05, 3.63) is 87.5 Å². The first-order chi connectivity index (χ1) is 14.1. The van der Waals surface area contributed by atoms with E-state index in [1.807, 2.05) is 43.3 Å². The number of rotatable bonds is 3. The molecule has 3 aromatic rings. The molecule has 146 valence electrons. The highest BCUT2D eigenvalue weighted by atomic mass is 35.5. The molecule has 0 atom stereocenters. The molecule has 0 saturated heterocycles. The SMILES string of the molecule is Cc1cc2c(c3c1C(=O)/C(=C/c1ccccc1Cl)O3)CN(Cc1ccco1)CO2. The van der Waals surface area contributed by atoms with Crippen LogP contribution in [0.15, 0.2) is 58.9 Å². The van der Waals surface area contributed by atoms with E-state index >= 15 is 0 Å². The maximum absolute atomic E-state index is 13.1. The molecule has 2 aliphatic heterocycles. The number of allylic oxidation sites excluding steroid dienone is 1. The van der Waals surface area contributed by atoms with Gasteiger partial charge in [0.2, 0.25) is 5.78 Å². The summed E-state index contributed by atoms with van der Waals surface area (Å²) in [7, 11) is 0. The highest BCUT2D eigenvalue weighted by Crippen LogP contribution is 2.44. The number of Topliss-reactive ketones (excluding diaryl/α,β-unsaturated/α-hetero) is 1. The summed E-state index contributed by atoms with van der Waals surface area (Å²) in [6.07, 6.45) is 3.35. The fourth-order valence-corrected chi connectivity index (χ4v) is 3.92. The summed E-state index contributed by atoms with van der Waals surface area (Å²) in [4.78, 5) is 15.1. The molecule has 2 aliphatic rings. The van der Waals surface area contributed by atoms with Crippen molar-refractivity contribution in [3.8, 4) is 11.5 Å². The molecule has 0 fully saturated rings. The summed E-state index contributed by atoms with van der Waals surface area (Å²) in [5, 5.41) is 0.569. The predicted molar refractivity (Wildman–Crippen MR) is 109 cm³/mol.